The molecule has 0 unspecified atom stereocenters. The predicted molar refractivity (Wildman–Crippen MR) is 118 cm³/mol. The largest absolute Gasteiger partial charge is 0.481 e. The quantitative estimate of drug-likeness (QED) is 0.559. The summed E-state index contributed by atoms with van der Waals surface area (Å²) in [4.78, 5) is 34.0. The second kappa shape index (κ2) is 9.65. The van der Waals surface area contributed by atoms with Gasteiger partial charge in [-0.1, -0.05) is 0 Å². The monoisotopic (exact) mass is 492 g/mol. The number of carbonyl (C=O) groups excluding carboxylic acids is 1. The van der Waals surface area contributed by atoms with Gasteiger partial charge in [0.1, 0.15) is 17.8 Å². The van der Waals surface area contributed by atoms with Gasteiger partial charge in [0.05, 0.1) is 23.9 Å². The number of nitrogens with zero attached hydrogens (tertiary/aromatic N) is 4. The summed E-state index contributed by atoms with van der Waals surface area (Å²) < 4.78 is 44.5. The third kappa shape index (κ3) is 5.53. The highest BCUT2D eigenvalue weighted by molar-refractivity contribution is 6.04. The smallest absolute Gasteiger partial charge is 0.408 e. The van der Waals surface area contributed by atoms with Gasteiger partial charge >= 0.3 is 12.3 Å². The number of hydrogen-bond acceptors (Lipinski definition) is 7. The van der Waals surface area contributed by atoms with E-state index in [9.17, 15) is 33.1 Å². The number of alkyl halides is 3. The number of amides is 2. The van der Waals surface area contributed by atoms with Crippen LogP contribution in [0.15, 0.2) is 24.5 Å². The number of halogens is 3. The minimum Gasteiger partial charge on any atom is -0.481 e. The maximum atomic E-state index is 13.1. The van der Waals surface area contributed by atoms with E-state index in [0.29, 0.717) is 12.0 Å². The zero-order valence-corrected chi connectivity index (χ0v) is 19.1. The molecule has 2 aromatic heterocycles. The van der Waals surface area contributed by atoms with E-state index < -0.39 is 29.8 Å². The maximum Gasteiger partial charge on any atom is 0.408 e. The van der Waals surface area contributed by atoms with E-state index in [0.717, 1.165) is 13.1 Å². The fraction of sp³-hybridized carbons (Fsp3) is 0.409. The van der Waals surface area contributed by atoms with E-state index in [4.69, 9.17) is 4.74 Å². The van der Waals surface area contributed by atoms with E-state index >= 15 is 0 Å². The highest BCUT2D eigenvalue weighted by Gasteiger charge is 2.40. The van der Waals surface area contributed by atoms with Crippen molar-refractivity contribution in [2.24, 2.45) is 0 Å². The van der Waals surface area contributed by atoms with Crippen LogP contribution in [0.25, 0.3) is 11.1 Å². The number of anilines is 1. The first-order chi connectivity index (χ1) is 16.4. The zero-order valence-electron chi connectivity index (χ0n) is 19.1. The number of carbonyl (C=O) groups is 2. The topological polar surface area (TPSA) is 140 Å². The number of nitrogens with one attached hydrogen (secondary N) is 2. The summed E-state index contributed by atoms with van der Waals surface area (Å²) in [7, 11) is 1.39. The third-order valence-electron chi connectivity index (χ3n) is 5.67. The highest BCUT2D eigenvalue weighted by atomic mass is 19.4. The van der Waals surface area contributed by atoms with Crippen molar-refractivity contribution < 1.29 is 32.6 Å². The van der Waals surface area contributed by atoms with E-state index in [1.807, 2.05) is 11.4 Å². The van der Waals surface area contributed by atoms with Crippen LogP contribution in [-0.2, 0) is 0 Å². The molecule has 2 aromatic rings. The number of pyridine rings is 2. The Hall–Kier alpha value is -4.08. The maximum absolute atomic E-state index is 13.1. The Morgan fingerprint density at radius 1 is 1.37 bits per heavy atom. The first kappa shape index (κ1) is 25.5. The van der Waals surface area contributed by atoms with Crippen LogP contribution >= 0.6 is 0 Å². The molecule has 1 fully saturated rings. The standard InChI is InChI=1S/C22H23F3N6O4/c1-12(22(23,24)25)29-19(32)14-10-28-15(9-26)17(13-4-6-27-16(8-13)35-3)18(14)31-7-5-21(2,11-31)30-20(33)34/h4,6,8,10,12,30H,5,7,11H2,1-3H3,(H,29,32)(H,33,34)/t12-,21-/m0/s1. The van der Waals surface area contributed by atoms with Crippen molar-refractivity contribution in [2.45, 2.75) is 38.0 Å². The number of methoxy groups -OCH3 is 1. The second-order valence-electron chi connectivity index (χ2n) is 8.34. The molecule has 0 bridgehead atoms. The van der Waals surface area contributed by atoms with Crippen LogP contribution in [0, 0.1) is 11.3 Å². The van der Waals surface area contributed by atoms with Crippen LogP contribution in [0.3, 0.4) is 0 Å². The molecule has 1 aliphatic rings. The Kier molecular flexibility index (Phi) is 7.04. The lowest BCUT2D eigenvalue weighted by Gasteiger charge is -2.29. The minimum atomic E-state index is -4.67. The van der Waals surface area contributed by atoms with Crippen LogP contribution < -0.4 is 20.3 Å². The van der Waals surface area contributed by atoms with E-state index in [1.165, 1.54) is 19.4 Å². The highest BCUT2D eigenvalue weighted by Crippen LogP contribution is 2.40. The molecule has 0 saturated carbocycles. The summed E-state index contributed by atoms with van der Waals surface area (Å²) in [5.41, 5.74) is -0.414. The SMILES string of the molecule is COc1cc(-c2c(C#N)ncc(C(=O)N[C@@H](C)C(F)(F)F)c2N2CC[C@](C)(NC(=O)O)C2)ccn1. The van der Waals surface area contributed by atoms with E-state index in [-0.39, 0.29) is 41.5 Å². The molecular weight excluding hydrogens is 469 g/mol. The summed E-state index contributed by atoms with van der Waals surface area (Å²) in [5, 5.41) is 23.3. The molecule has 0 radical (unpaired) electrons. The lowest BCUT2D eigenvalue weighted by molar-refractivity contribution is -0.149. The summed E-state index contributed by atoms with van der Waals surface area (Å²) in [6.45, 7) is 2.84. The van der Waals surface area contributed by atoms with Crippen molar-refractivity contribution in [1.82, 2.24) is 20.6 Å². The normalized spacial score (nSPS) is 18.5. The first-order valence-corrected chi connectivity index (χ1v) is 10.5. The summed E-state index contributed by atoms with van der Waals surface area (Å²) >= 11 is 0. The van der Waals surface area contributed by atoms with Gasteiger partial charge in [0.25, 0.3) is 5.91 Å². The lowest BCUT2D eigenvalue weighted by Crippen LogP contribution is -2.47. The molecule has 2 amide bonds. The number of rotatable bonds is 6. The van der Waals surface area contributed by atoms with Gasteiger partial charge in [-0.3, -0.25) is 4.79 Å². The van der Waals surface area contributed by atoms with E-state index in [2.05, 4.69) is 15.3 Å². The van der Waals surface area contributed by atoms with E-state index in [1.54, 1.807) is 17.9 Å². The summed E-state index contributed by atoms with van der Waals surface area (Å²) in [6.07, 6.45) is -3.10. The average molecular weight is 492 g/mol. The first-order valence-electron chi connectivity index (χ1n) is 10.5. The van der Waals surface area contributed by atoms with Crippen molar-refractivity contribution in [3.8, 4) is 23.1 Å². The number of hydrogen-bond donors (Lipinski definition) is 3. The van der Waals surface area contributed by atoms with Crippen LogP contribution in [0.5, 0.6) is 5.88 Å². The number of nitriles is 1. The molecule has 0 aromatic carbocycles. The molecular formula is C22H23F3N6O4. The molecule has 0 aliphatic carbocycles. The molecule has 1 saturated heterocycles. The molecule has 1 aliphatic heterocycles. The fourth-order valence-corrected chi connectivity index (χ4v) is 3.90. The Bertz CT molecular complexity index is 1180. The third-order valence-corrected chi connectivity index (χ3v) is 5.67. The molecule has 13 heteroatoms. The van der Waals surface area contributed by atoms with Crippen molar-refractivity contribution >= 4 is 17.7 Å². The van der Waals surface area contributed by atoms with Gasteiger partial charge in [-0.05, 0) is 31.9 Å². The van der Waals surface area contributed by atoms with Gasteiger partial charge in [0.15, 0.2) is 0 Å². The lowest BCUT2D eigenvalue weighted by atomic mass is 9.98. The van der Waals surface area contributed by atoms with Crippen molar-refractivity contribution in [1.29, 1.82) is 5.26 Å². The number of ether oxygens (including phenoxy) is 1. The Balaban J connectivity index is 2.20. The van der Waals surface area contributed by atoms with Crippen LogP contribution in [0.4, 0.5) is 23.7 Å². The molecule has 3 heterocycles. The number of carboxylic acid groups (broad SMARTS) is 1. The van der Waals surface area contributed by atoms with Crippen molar-refractivity contribution in [3.63, 3.8) is 0 Å². The second-order valence-corrected chi connectivity index (χ2v) is 8.34. The molecule has 186 valence electrons. The van der Waals surface area contributed by atoms with Crippen molar-refractivity contribution in [2.75, 3.05) is 25.1 Å². The number of aromatic nitrogens is 2. The molecule has 0 spiro atoms. The predicted octanol–water partition coefficient (Wildman–Crippen LogP) is 2.94. The average Bonchev–Trinajstić information content (AvgIpc) is 3.17. The van der Waals surface area contributed by atoms with Crippen LogP contribution in [0.1, 0.15) is 36.3 Å². The summed E-state index contributed by atoms with van der Waals surface area (Å²) in [6, 6.07) is 2.88. The van der Waals surface area contributed by atoms with Gasteiger partial charge in [-0.25, -0.2) is 14.8 Å². The molecule has 35 heavy (non-hydrogen) atoms. The van der Waals surface area contributed by atoms with Gasteiger partial charge in [-0.15, -0.1) is 0 Å². The molecule has 3 rings (SSSR count). The van der Waals surface area contributed by atoms with Gasteiger partial charge in [0, 0.05) is 37.1 Å². The van der Waals surface area contributed by atoms with Gasteiger partial charge < -0.3 is 25.4 Å². The van der Waals surface area contributed by atoms with Gasteiger partial charge in [-0.2, -0.15) is 18.4 Å². The molecule has 3 N–H and O–H groups in total. The van der Waals surface area contributed by atoms with Gasteiger partial charge in [0.2, 0.25) is 5.88 Å². The van der Waals surface area contributed by atoms with Crippen LogP contribution in [-0.4, -0.2) is 65.0 Å². The van der Waals surface area contributed by atoms with Crippen molar-refractivity contribution in [3.05, 3.63) is 35.8 Å². The Morgan fingerprint density at radius 3 is 2.69 bits per heavy atom. The molecule has 2 atom stereocenters. The fourth-order valence-electron chi connectivity index (χ4n) is 3.90. The minimum absolute atomic E-state index is 0.0755. The summed E-state index contributed by atoms with van der Waals surface area (Å²) in [5.74, 6) is -0.833. The van der Waals surface area contributed by atoms with Crippen LogP contribution in [0.2, 0.25) is 0 Å². The Morgan fingerprint density at radius 2 is 2.09 bits per heavy atom. The molecule has 10 nitrogen and oxygen atoms in total. The Labute approximate surface area is 198 Å². The zero-order chi connectivity index (χ0) is 26.0.